The fourth-order valence-electron chi connectivity index (χ4n) is 3.47. The van der Waals surface area contributed by atoms with Crippen LogP contribution in [0, 0.1) is 0 Å². The van der Waals surface area contributed by atoms with Crippen LogP contribution in [0.4, 0.5) is 5.69 Å². The number of hydrogen-bond acceptors (Lipinski definition) is 5. The second-order valence-electron chi connectivity index (χ2n) is 6.96. The quantitative estimate of drug-likeness (QED) is 0.758. The first-order chi connectivity index (χ1) is 13.1. The van der Waals surface area contributed by atoms with Gasteiger partial charge in [-0.2, -0.15) is 0 Å². The monoisotopic (exact) mass is 374 g/mol. The lowest BCUT2D eigenvalue weighted by Crippen LogP contribution is -2.47. The number of rotatable bonds is 3. The molecule has 27 heavy (non-hydrogen) atoms. The number of para-hydroxylation sites is 2. The second kappa shape index (κ2) is 8.88. The zero-order chi connectivity index (χ0) is 19.2. The Balaban J connectivity index is 1.58. The van der Waals surface area contributed by atoms with Crippen LogP contribution in [0.5, 0.6) is 5.75 Å². The van der Waals surface area contributed by atoms with Crippen LogP contribution < -0.4 is 9.64 Å². The summed E-state index contributed by atoms with van der Waals surface area (Å²) >= 11 is 0. The SMILES string of the molecule is CC(=O)N1C[C@H](C(=O)OCC(=O)N2CCCCCCC2)Oc2ccccc21. The van der Waals surface area contributed by atoms with Crippen molar-refractivity contribution in [2.24, 2.45) is 0 Å². The van der Waals surface area contributed by atoms with Gasteiger partial charge in [-0.15, -0.1) is 0 Å². The Morgan fingerprint density at radius 3 is 2.44 bits per heavy atom. The number of nitrogens with zero attached hydrogens (tertiary/aromatic N) is 2. The molecule has 1 fully saturated rings. The maximum absolute atomic E-state index is 12.4. The number of fused-ring (bicyclic) bond motifs is 1. The fourth-order valence-corrected chi connectivity index (χ4v) is 3.47. The molecule has 0 aromatic heterocycles. The standard InChI is InChI=1S/C20H26N2O5/c1-15(23)22-13-18(27-17-10-6-5-9-16(17)22)20(25)26-14-19(24)21-11-7-3-2-4-8-12-21/h5-6,9-10,18H,2-4,7-8,11-14H2,1H3/t18-/m1/s1. The van der Waals surface area contributed by atoms with Crippen LogP contribution in [-0.2, 0) is 19.1 Å². The number of ether oxygens (including phenoxy) is 2. The molecule has 2 amide bonds. The van der Waals surface area contributed by atoms with Crippen molar-refractivity contribution < 1.29 is 23.9 Å². The van der Waals surface area contributed by atoms with Crippen LogP contribution in [0.15, 0.2) is 24.3 Å². The third-order valence-corrected chi connectivity index (χ3v) is 4.96. The zero-order valence-corrected chi connectivity index (χ0v) is 15.7. The van der Waals surface area contributed by atoms with E-state index in [4.69, 9.17) is 9.47 Å². The van der Waals surface area contributed by atoms with E-state index in [1.807, 2.05) is 0 Å². The molecule has 7 nitrogen and oxygen atoms in total. The Labute approximate surface area is 159 Å². The molecule has 0 radical (unpaired) electrons. The first-order valence-corrected chi connectivity index (χ1v) is 9.54. The van der Waals surface area contributed by atoms with Gasteiger partial charge in [0.15, 0.2) is 6.61 Å². The van der Waals surface area contributed by atoms with Gasteiger partial charge < -0.3 is 19.3 Å². The van der Waals surface area contributed by atoms with E-state index in [0.717, 1.165) is 25.7 Å². The average molecular weight is 374 g/mol. The van der Waals surface area contributed by atoms with Crippen LogP contribution in [-0.4, -0.2) is 55.0 Å². The van der Waals surface area contributed by atoms with Crippen molar-refractivity contribution in [3.8, 4) is 5.75 Å². The first kappa shape index (κ1) is 19.2. The Kier molecular flexibility index (Phi) is 6.32. The molecule has 1 aromatic rings. The molecule has 1 saturated heterocycles. The molecular weight excluding hydrogens is 348 g/mol. The second-order valence-corrected chi connectivity index (χ2v) is 6.96. The van der Waals surface area contributed by atoms with E-state index in [-0.39, 0.29) is 25.0 Å². The summed E-state index contributed by atoms with van der Waals surface area (Å²) in [5, 5.41) is 0. The Hall–Kier alpha value is -2.57. The van der Waals surface area contributed by atoms with Gasteiger partial charge in [0.25, 0.3) is 5.91 Å². The summed E-state index contributed by atoms with van der Waals surface area (Å²) in [4.78, 5) is 40.0. The fraction of sp³-hybridized carbons (Fsp3) is 0.550. The lowest BCUT2D eigenvalue weighted by Gasteiger charge is -2.33. The van der Waals surface area contributed by atoms with Crippen molar-refractivity contribution in [2.45, 2.75) is 45.1 Å². The predicted octanol–water partition coefficient (Wildman–Crippen LogP) is 2.14. The van der Waals surface area contributed by atoms with E-state index in [1.165, 1.54) is 18.2 Å². The molecule has 2 aliphatic rings. The summed E-state index contributed by atoms with van der Waals surface area (Å²) in [5.41, 5.74) is 0.630. The van der Waals surface area contributed by atoms with E-state index >= 15 is 0 Å². The van der Waals surface area contributed by atoms with E-state index in [9.17, 15) is 14.4 Å². The normalized spacial score (nSPS) is 20.0. The number of carbonyl (C=O) groups is 3. The molecule has 0 aliphatic carbocycles. The van der Waals surface area contributed by atoms with Gasteiger partial charge in [-0.3, -0.25) is 9.59 Å². The van der Waals surface area contributed by atoms with Crippen LogP contribution in [0.25, 0.3) is 0 Å². The van der Waals surface area contributed by atoms with Crippen LogP contribution in [0.2, 0.25) is 0 Å². The minimum absolute atomic E-state index is 0.0725. The Morgan fingerprint density at radius 1 is 1.07 bits per heavy atom. The summed E-state index contributed by atoms with van der Waals surface area (Å²) in [6, 6.07) is 7.05. The number of amides is 2. The molecule has 1 atom stereocenters. The van der Waals surface area contributed by atoms with Crippen molar-refractivity contribution >= 4 is 23.5 Å². The van der Waals surface area contributed by atoms with E-state index in [2.05, 4.69) is 0 Å². The number of hydrogen-bond donors (Lipinski definition) is 0. The minimum atomic E-state index is -0.941. The van der Waals surface area contributed by atoms with E-state index in [0.29, 0.717) is 24.5 Å². The molecule has 0 saturated carbocycles. The Morgan fingerprint density at radius 2 is 1.74 bits per heavy atom. The third-order valence-electron chi connectivity index (χ3n) is 4.96. The molecule has 7 heteroatoms. The van der Waals surface area contributed by atoms with Crippen LogP contribution in [0.1, 0.15) is 39.0 Å². The van der Waals surface area contributed by atoms with Gasteiger partial charge in [0, 0.05) is 20.0 Å². The van der Waals surface area contributed by atoms with Gasteiger partial charge in [-0.1, -0.05) is 31.4 Å². The van der Waals surface area contributed by atoms with Crippen molar-refractivity contribution in [1.82, 2.24) is 4.90 Å². The zero-order valence-electron chi connectivity index (χ0n) is 15.7. The van der Waals surface area contributed by atoms with Gasteiger partial charge in [0.05, 0.1) is 12.2 Å². The minimum Gasteiger partial charge on any atom is -0.475 e. The number of esters is 1. The number of carbonyl (C=O) groups excluding carboxylic acids is 3. The topological polar surface area (TPSA) is 76.2 Å². The van der Waals surface area contributed by atoms with Gasteiger partial charge in [0.2, 0.25) is 12.0 Å². The summed E-state index contributed by atoms with van der Waals surface area (Å²) < 4.78 is 10.9. The molecule has 1 aromatic carbocycles. The molecule has 0 spiro atoms. The van der Waals surface area contributed by atoms with Crippen molar-refractivity contribution in [3.63, 3.8) is 0 Å². The number of anilines is 1. The molecule has 0 N–H and O–H groups in total. The van der Waals surface area contributed by atoms with E-state index in [1.54, 1.807) is 29.2 Å². The van der Waals surface area contributed by atoms with Gasteiger partial charge in [-0.25, -0.2) is 4.79 Å². The summed E-state index contributed by atoms with van der Waals surface area (Å²) in [6.45, 7) is 2.64. The lowest BCUT2D eigenvalue weighted by atomic mass is 10.1. The van der Waals surface area contributed by atoms with Crippen molar-refractivity contribution in [3.05, 3.63) is 24.3 Å². The molecule has 2 heterocycles. The van der Waals surface area contributed by atoms with E-state index < -0.39 is 12.1 Å². The van der Waals surface area contributed by atoms with Crippen molar-refractivity contribution in [2.75, 3.05) is 31.1 Å². The maximum atomic E-state index is 12.4. The number of benzene rings is 1. The van der Waals surface area contributed by atoms with Gasteiger partial charge in [0.1, 0.15) is 5.75 Å². The molecule has 146 valence electrons. The largest absolute Gasteiger partial charge is 0.475 e. The summed E-state index contributed by atoms with van der Waals surface area (Å²) in [6.07, 6.45) is 4.49. The molecule has 0 bridgehead atoms. The smallest absolute Gasteiger partial charge is 0.349 e. The highest BCUT2D eigenvalue weighted by Gasteiger charge is 2.34. The molecule has 0 unspecified atom stereocenters. The summed E-state index contributed by atoms with van der Waals surface area (Å²) in [7, 11) is 0. The molecule has 2 aliphatic heterocycles. The third kappa shape index (κ3) is 4.78. The van der Waals surface area contributed by atoms with Gasteiger partial charge >= 0.3 is 5.97 Å². The average Bonchev–Trinajstić information content (AvgIpc) is 2.64. The number of likely N-dealkylation sites (tertiary alicyclic amines) is 1. The van der Waals surface area contributed by atoms with Crippen LogP contribution >= 0.6 is 0 Å². The Bertz CT molecular complexity index is 697. The van der Waals surface area contributed by atoms with Gasteiger partial charge in [-0.05, 0) is 25.0 Å². The van der Waals surface area contributed by atoms with Crippen molar-refractivity contribution in [1.29, 1.82) is 0 Å². The first-order valence-electron chi connectivity index (χ1n) is 9.54. The summed E-state index contributed by atoms with van der Waals surface area (Å²) in [5.74, 6) is -0.530. The molecular formula is C20H26N2O5. The van der Waals surface area contributed by atoms with Crippen LogP contribution in [0.3, 0.4) is 0 Å². The predicted molar refractivity (Wildman–Crippen MR) is 99.5 cm³/mol. The lowest BCUT2D eigenvalue weighted by molar-refractivity contribution is -0.158. The molecule has 3 rings (SSSR count). The highest BCUT2D eigenvalue weighted by molar-refractivity contribution is 5.95. The highest BCUT2D eigenvalue weighted by Crippen LogP contribution is 2.33. The maximum Gasteiger partial charge on any atom is 0.349 e. The highest BCUT2D eigenvalue weighted by atomic mass is 16.6.